The number of carbonyl (C=O) groups is 2. The highest BCUT2D eigenvalue weighted by Gasteiger charge is 2.50. The van der Waals surface area contributed by atoms with Crippen molar-refractivity contribution in [2.24, 2.45) is 5.41 Å². The first-order chi connectivity index (χ1) is 12.5. The standard InChI is InChI=1S/C19H22N4O2S/c1-13-14(2)20-12-21-16(13)17(24)22-7-3-5-19(11-22)6-8-23(18(19)25)15-4-9-26-10-15/h4,9-10,12H,3,5-8,11H2,1-2H3. The summed E-state index contributed by atoms with van der Waals surface area (Å²) in [7, 11) is 0. The van der Waals surface area contributed by atoms with E-state index in [-0.39, 0.29) is 11.8 Å². The minimum Gasteiger partial charge on any atom is -0.336 e. The Morgan fingerprint density at radius 1 is 1.23 bits per heavy atom. The van der Waals surface area contributed by atoms with Gasteiger partial charge in [-0.2, -0.15) is 11.3 Å². The van der Waals surface area contributed by atoms with Gasteiger partial charge in [-0.3, -0.25) is 9.59 Å². The van der Waals surface area contributed by atoms with E-state index in [0.717, 1.165) is 42.8 Å². The predicted molar refractivity (Wildman–Crippen MR) is 100 cm³/mol. The molecule has 0 saturated carbocycles. The van der Waals surface area contributed by atoms with Crippen molar-refractivity contribution in [3.8, 4) is 0 Å². The molecule has 2 aliphatic heterocycles. The number of carbonyl (C=O) groups excluding carboxylic acids is 2. The van der Waals surface area contributed by atoms with Crippen LogP contribution in [0.4, 0.5) is 5.69 Å². The monoisotopic (exact) mass is 370 g/mol. The van der Waals surface area contributed by atoms with Crippen LogP contribution in [0.2, 0.25) is 0 Å². The van der Waals surface area contributed by atoms with Crippen molar-refractivity contribution in [3.05, 3.63) is 40.1 Å². The summed E-state index contributed by atoms with van der Waals surface area (Å²) < 4.78 is 0. The lowest BCUT2D eigenvalue weighted by molar-refractivity contribution is -0.127. The zero-order chi connectivity index (χ0) is 18.3. The van der Waals surface area contributed by atoms with E-state index in [2.05, 4.69) is 9.97 Å². The molecule has 7 heteroatoms. The SMILES string of the molecule is Cc1ncnc(C(=O)N2CCCC3(CCN(c4ccsc4)C3=O)C2)c1C. The average Bonchev–Trinajstić information content (AvgIpc) is 3.27. The molecule has 0 bridgehead atoms. The molecule has 6 nitrogen and oxygen atoms in total. The van der Waals surface area contributed by atoms with E-state index in [4.69, 9.17) is 0 Å². The number of anilines is 1. The second-order valence-electron chi connectivity index (χ2n) is 7.23. The third-order valence-electron chi connectivity index (χ3n) is 5.73. The Morgan fingerprint density at radius 2 is 2.08 bits per heavy atom. The van der Waals surface area contributed by atoms with Crippen molar-refractivity contribution in [2.75, 3.05) is 24.5 Å². The number of piperidine rings is 1. The van der Waals surface area contributed by atoms with Gasteiger partial charge in [0.15, 0.2) is 0 Å². The molecular formula is C19H22N4O2S. The van der Waals surface area contributed by atoms with Gasteiger partial charge in [-0.25, -0.2) is 9.97 Å². The number of amides is 2. The van der Waals surface area contributed by atoms with E-state index in [0.29, 0.717) is 18.8 Å². The van der Waals surface area contributed by atoms with Gasteiger partial charge in [0.1, 0.15) is 12.0 Å². The van der Waals surface area contributed by atoms with Crippen molar-refractivity contribution in [1.29, 1.82) is 0 Å². The smallest absolute Gasteiger partial charge is 0.272 e. The molecule has 4 rings (SSSR count). The fourth-order valence-corrected chi connectivity index (χ4v) is 4.71. The Hall–Kier alpha value is -2.28. The third kappa shape index (κ3) is 2.70. The quantitative estimate of drug-likeness (QED) is 0.815. The van der Waals surface area contributed by atoms with E-state index in [1.807, 2.05) is 40.5 Å². The Morgan fingerprint density at radius 3 is 2.85 bits per heavy atom. The number of hydrogen-bond donors (Lipinski definition) is 0. The Balaban J connectivity index is 1.57. The number of aromatic nitrogens is 2. The van der Waals surface area contributed by atoms with Gasteiger partial charge in [0.05, 0.1) is 11.1 Å². The summed E-state index contributed by atoms with van der Waals surface area (Å²) in [5, 5.41) is 4.00. The lowest BCUT2D eigenvalue weighted by atomic mass is 9.78. The summed E-state index contributed by atoms with van der Waals surface area (Å²) in [6.45, 7) is 5.64. The zero-order valence-electron chi connectivity index (χ0n) is 15.1. The molecule has 2 fully saturated rings. The van der Waals surface area contributed by atoms with Gasteiger partial charge in [-0.1, -0.05) is 0 Å². The number of nitrogens with zero attached hydrogens (tertiary/aromatic N) is 4. The first kappa shape index (κ1) is 17.1. The van der Waals surface area contributed by atoms with Crippen LogP contribution >= 0.6 is 11.3 Å². The van der Waals surface area contributed by atoms with Crippen molar-refractivity contribution < 1.29 is 9.59 Å². The molecular weight excluding hydrogens is 348 g/mol. The topological polar surface area (TPSA) is 66.4 Å². The van der Waals surface area contributed by atoms with E-state index < -0.39 is 5.41 Å². The lowest BCUT2D eigenvalue weighted by Crippen LogP contribution is -2.50. The van der Waals surface area contributed by atoms with E-state index in [9.17, 15) is 9.59 Å². The molecule has 2 amide bonds. The van der Waals surface area contributed by atoms with E-state index >= 15 is 0 Å². The van der Waals surface area contributed by atoms with Crippen molar-refractivity contribution >= 4 is 28.8 Å². The van der Waals surface area contributed by atoms with Crippen LogP contribution in [0, 0.1) is 19.3 Å². The number of thiophene rings is 1. The van der Waals surface area contributed by atoms with Crippen LogP contribution in [0.5, 0.6) is 0 Å². The largest absolute Gasteiger partial charge is 0.336 e. The minimum atomic E-state index is -0.453. The second-order valence-corrected chi connectivity index (χ2v) is 8.01. The highest BCUT2D eigenvalue weighted by Crippen LogP contribution is 2.42. The summed E-state index contributed by atoms with van der Waals surface area (Å²) >= 11 is 1.60. The van der Waals surface area contributed by atoms with Gasteiger partial charge >= 0.3 is 0 Å². The number of likely N-dealkylation sites (tertiary alicyclic amines) is 1. The van der Waals surface area contributed by atoms with Gasteiger partial charge in [0, 0.05) is 36.3 Å². The lowest BCUT2D eigenvalue weighted by Gasteiger charge is -2.39. The Kier molecular flexibility index (Phi) is 4.26. The molecule has 1 atom stereocenters. The highest BCUT2D eigenvalue weighted by atomic mass is 32.1. The van der Waals surface area contributed by atoms with Gasteiger partial charge in [0.2, 0.25) is 5.91 Å². The molecule has 0 aliphatic carbocycles. The normalized spacial score (nSPS) is 23.1. The second kappa shape index (κ2) is 6.46. The van der Waals surface area contributed by atoms with Crippen LogP contribution in [-0.2, 0) is 4.79 Å². The third-order valence-corrected chi connectivity index (χ3v) is 6.40. The average molecular weight is 370 g/mol. The molecule has 26 heavy (non-hydrogen) atoms. The van der Waals surface area contributed by atoms with Crippen LogP contribution in [0.3, 0.4) is 0 Å². The van der Waals surface area contributed by atoms with Crippen molar-refractivity contribution in [1.82, 2.24) is 14.9 Å². The maximum absolute atomic E-state index is 13.2. The summed E-state index contributed by atoms with van der Waals surface area (Å²) in [6.07, 6.45) is 3.93. The Bertz CT molecular complexity index is 851. The summed E-state index contributed by atoms with van der Waals surface area (Å²) in [6, 6.07) is 1.99. The van der Waals surface area contributed by atoms with Gasteiger partial charge < -0.3 is 9.80 Å². The molecule has 2 saturated heterocycles. The summed E-state index contributed by atoms with van der Waals surface area (Å²) in [5.74, 6) is 0.0675. The van der Waals surface area contributed by atoms with E-state index in [1.165, 1.54) is 6.33 Å². The fraction of sp³-hybridized carbons (Fsp3) is 0.474. The molecule has 2 aromatic rings. The maximum Gasteiger partial charge on any atom is 0.272 e. The molecule has 0 radical (unpaired) electrons. The van der Waals surface area contributed by atoms with Crippen LogP contribution in [0.25, 0.3) is 0 Å². The van der Waals surface area contributed by atoms with Crippen LogP contribution in [0.15, 0.2) is 23.2 Å². The Labute approximate surface area is 156 Å². The minimum absolute atomic E-state index is 0.0890. The molecule has 0 aromatic carbocycles. The first-order valence-electron chi connectivity index (χ1n) is 8.93. The highest BCUT2D eigenvalue weighted by molar-refractivity contribution is 7.08. The zero-order valence-corrected chi connectivity index (χ0v) is 15.9. The molecule has 4 heterocycles. The molecule has 2 aliphatic rings. The maximum atomic E-state index is 13.2. The van der Waals surface area contributed by atoms with Gasteiger partial charge in [-0.05, 0) is 44.6 Å². The number of hydrogen-bond acceptors (Lipinski definition) is 5. The number of rotatable bonds is 2. The molecule has 0 N–H and O–H groups in total. The summed E-state index contributed by atoms with van der Waals surface area (Å²) in [4.78, 5) is 38.3. The molecule has 1 unspecified atom stereocenters. The van der Waals surface area contributed by atoms with Crippen LogP contribution in [-0.4, -0.2) is 46.3 Å². The fourth-order valence-electron chi connectivity index (χ4n) is 4.07. The predicted octanol–water partition coefficient (Wildman–Crippen LogP) is 2.81. The van der Waals surface area contributed by atoms with Crippen molar-refractivity contribution in [3.63, 3.8) is 0 Å². The molecule has 136 valence electrons. The van der Waals surface area contributed by atoms with Gasteiger partial charge in [0.25, 0.3) is 5.91 Å². The van der Waals surface area contributed by atoms with Crippen molar-refractivity contribution in [2.45, 2.75) is 33.1 Å². The first-order valence-corrected chi connectivity index (χ1v) is 9.88. The van der Waals surface area contributed by atoms with Crippen LogP contribution < -0.4 is 4.90 Å². The van der Waals surface area contributed by atoms with E-state index in [1.54, 1.807) is 11.3 Å². The van der Waals surface area contributed by atoms with Crippen LogP contribution in [0.1, 0.15) is 41.0 Å². The summed E-state index contributed by atoms with van der Waals surface area (Å²) in [5.41, 5.74) is 2.61. The molecule has 2 aromatic heterocycles. The van der Waals surface area contributed by atoms with Gasteiger partial charge in [-0.15, -0.1) is 0 Å². The number of aryl methyl sites for hydroxylation is 1. The molecule has 1 spiro atoms.